The predicted octanol–water partition coefficient (Wildman–Crippen LogP) is 3.16. The van der Waals surface area contributed by atoms with E-state index in [1.165, 1.54) is 0 Å². The Morgan fingerprint density at radius 2 is 1.92 bits per heavy atom. The van der Waals surface area contributed by atoms with Gasteiger partial charge in [-0.3, -0.25) is 4.79 Å². The molecule has 2 heterocycles. The summed E-state index contributed by atoms with van der Waals surface area (Å²) >= 11 is 0. The molecule has 3 rings (SSSR count). The van der Waals surface area contributed by atoms with E-state index in [2.05, 4.69) is 21.9 Å². The van der Waals surface area contributed by atoms with E-state index in [1.807, 2.05) is 48.2 Å². The topological polar surface area (TPSA) is 49.3 Å². The summed E-state index contributed by atoms with van der Waals surface area (Å²) in [5.41, 5.74) is 1.78. The number of nitrogens with zero attached hydrogens (tertiary/aromatic N) is 4. The molecule has 1 aliphatic heterocycles. The first-order valence-corrected chi connectivity index (χ1v) is 8.97. The fourth-order valence-electron chi connectivity index (χ4n) is 3.33. The second-order valence-corrected chi connectivity index (χ2v) is 6.83. The van der Waals surface area contributed by atoms with Crippen LogP contribution < -0.4 is 4.90 Å². The molecule has 2 aromatic rings. The molecule has 5 heteroatoms. The van der Waals surface area contributed by atoms with Crippen LogP contribution in [0.3, 0.4) is 0 Å². The van der Waals surface area contributed by atoms with Gasteiger partial charge in [-0.05, 0) is 44.2 Å². The largest absolute Gasteiger partial charge is 0.360 e. The third-order valence-electron chi connectivity index (χ3n) is 4.98. The van der Waals surface area contributed by atoms with Crippen LogP contribution in [0.25, 0.3) is 0 Å². The van der Waals surface area contributed by atoms with Gasteiger partial charge in [-0.15, -0.1) is 0 Å². The van der Waals surface area contributed by atoms with Crippen LogP contribution in [0.15, 0.2) is 42.7 Å². The smallest absolute Gasteiger partial charge is 0.253 e. The number of aryl methyl sites for hydroxylation is 1. The summed E-state index contributed by atoms with van der Waals surface area (Å²) < 4.78 is 0. The highest BCUT2D eigenvalue weighted by atomic mass is 16.2. The molecular weight excluding hydrogens is 312 g/mol. The molecular formula is C20H26N4O. The number of anilines is 1. The zero-order chi connectivity index (χ0) is 17.6. The number of aromatic nitrogens is 2. The van der Waals surface area contributed by atoms with Gasteiger partial charge in [0.25, 0.3) is 5.91 Å². The summed E-state index contributed by atoms with van der Waals surface area (Å²) in [6, 6.07) is 11.6. The van der Waals surface area contributed by atoms with Crippen LogP contribution in [0.4, 0.5) is 5.82 Å². The van der Waals surface area contributed by atoms with E-state index in [0.717, 1.165) is 56.0 Å². The van der Waals surface area contributed by atoms with Crippen molar-refractivity contribution >= 4 is 11.7 Å². The molecule has 0 saturated carbocycles. The molecule has 0 spiro atoms. The minimum absolute atomic E-state index is 0.160. The molecule has 1 aromatic carbocycles. The quantitative estimate of drug-likeness (QED) is 0.840. The van der Waals surface area contributed by atoms with Crippen LogP contribution in [-0.2, 0) is 0 Å². The van der Waals surface area contributed by atoms with Gasteiger partial charge in [0, 0.05) is 44.0 Å². The molecule has 0 aliphatic carbocycles. The van der Waals surface area contributed by atoms with Crippen LogP contribution in [0, 0.1) is 12.8 Å². The van der Waals surface area contributed by atoms with Gasteiger partial charge in [-0.25, -0.2) is 9.97 Å². The van der Waals surface area contributed by atoms with Crippen molar-refractivity contribution in [3.8, 4) is 0 Å². The molecule has 0 unspecified atom stereocenters. The Balaban J connectivity index is 1.46. The minimum Gasteiger partial charge on any atom is -0.360 e. The molecule has 0 atom stereocenters. The minimum atomic E-state index is 0.160. The van der Waals surface area contributed by atoms with Crippen molar-refractivity contribution in [2.24, 2.45) is 5.92 Å². The van der Waals surface area contributed by atoms with E-state index in [-0.39, 0.29) is 5.91 Å². The molecule has 132 valence electrons. The van der Waals surface area contributed by atoms with Crippen molar-refractivity contribution < 1.29 is 4.79 Å². The van der Waals surface area contributed by atoms with E-state index in [0.29, 0.717) is 5.92 Å². The van der Waals surface area contributed by atoms with Crippen molar-refractivity contribution in [1.82, 2.24) is 14.9 Å². The van der Waals surface area contributed by atoms with Crippen LogP contribution >= 0.6 is 0 Å². The van der Waals surface area contributed by atoms with Gasteiger partial charge in [-0.1, -0.05) is 18.2 Å². The monoisotopic (exact) mass is 338 g/mol. The van der Waals surface area contributed by atoms with Crippen LogP contribution in [-0.4, -0.2) is 47.5 Å². The number of piperidine rings is 1. The van der Waals surface area contributed by atoms with E-state index < -0.39 is 0 Å². The molecule has 1 aromatic heterocycles. The highest BCUT2D eigenvalue weighted by molar-refractivity contribution is 5.94. The number of rotatable bonds is 5. The molecule has 0 N–H and O–H groups in total. The molecule has 1 fully saturated rings. The van der Waals surface area contributed by atoms with E-state index >= 15 is 0 Å². The van der Waals surface area contributed by atoms with E-state index in [9.17, 15) is 4.79 Å². The molecule has 1 amide bonds. The Kier molecular flexibility index (Phi) is 5.64. The van der Waals surface area contributed by atoms with Crippen molar-refractivity contribution in [2.75, 3.05) is 31.6 Å². The van der Waals surface area contributed by atoms with Crippen molar-refractivity contribution in [2.45, 2.75) is 26.2 Å². The average Bonchev–Trinajstić information content (AvgIpc) is 2.66. The normalized spacial score (nSPS) is 15.2. The zero-order valence-electron chi connectivity index (χ0n) is 15.1. The summed E-state index contributed by atoms with van der Waals surface area (Å²) in [6.45, 7) is 4.68. The third-order valence-corrected chi connectivity index (χ3v) is 4.98. The van der Waals surface area contributed by atoms with Gasteiger partial charge < -0.3 is 9.80 Å². The Morgan fingerprint density at radius 1 is 1.20 bits per heavy atom. The lowest BCUT2D eigenvalue weighted by atomic mass is 9.93. The Labute approximate surface area is 149 Å². The lowest BCUT2D eigenvalue weighted by molar-refractivity contribution is 0.0687. The standard InChI is InChI=1S/C20H26N4O/c1-16-14-19(22-15-21-16)23(2)11-8-17-9-12-24(13-10-17)20(25)18-6-4-3-5-7-18/h3-7,14-15,17H,8-13H2,1-2H3. The summed E-state index contributed by atoms with van der Waals surface area (Å²) in [4.78, 5) is 25.2. The van der Waals surface area contributed by atoms with Crippen LogP contribution in [0.1, 0.15) is 35.3 Å². The maximum absolute atomic E-state index is 12.5. The predicted molar refractivity (Wildman–Crippen MR) is 99.7 cm³/mol. The van der Waals surface area contributed by atoms with Gasteiger partial charge >= 0.3 is 0 Å². The molecule has 0 radical (unpaired) electrons. The van der Waals surface area contributed by atoms with Crippen LogP contribution in [0.5, 0.6) is 0 Å². The maximum Gasteiger partial charge on any atom is 0.253 e. The first-order chi connectivity index (χ1) is 12.1. The van der Waals surface area contributed by atoms with Crippen LogP contribution in [0.2, 0.25) is 0 Å². The average molecular weight is 338 g/mol. The summed E-state index contributed by atoms with van der Waals surface area (Å²) in [5.74, 6) is 1.81. The molecule has 0 bridgehead atoms. The zero-order valence-corrected chi connectivity index (χ0v) is 15.1. The second kappa shape index (κ2) is 8.10. The third kappa shape index (κ3) is 4.56. The summed E-state index contributed by atoms with van der Waals surface area (Å²) in [6.07, 6.45) is 4.91. The maximum atomic E-state index is 12.5. The first-order valence-electron chi connectivity index (χ1n) is 8.97. The number of hydrogen-bond donors (Lipinski definition) is 0. The van der Waals surface area contributed by atoms with Gasteiger partial charge in [0.1, 0.15) is 12.1 Å². The highest BCUT2D eigenvalue weighted by Crippen LogP contribution is 2.23. The lowest BCUT2D eigenvalue weighted by Crippen LogP contribution is -2.39. The van der Waals surface area contributed by atoms with Gasteiger partial charge in [0.05, 0.1) is 0 Å². The number of hydrogen-bond acceptors (Lipinski definition) is 4. The first kappa shape index (κ1) is 17.4. The molecule has 5 nitrogen and oxygen atoms in total. The number of benzene rings is 1. The van der Waals surface area contributed by atoms with Gasteiger partial charge in [0.15, 0.2) is 0 Å². The van der Waals surface area contributed by atoms with Crippen molar-refractivity contribution in [1.29, 1.82) is 0 Å². The summed E-state index contributed by atoms with van der Waals surface area (Å²) in [7, 11) is 2.08. The lowest BCUT2D eigenvalue weighted by Gasteiger charge is -2.33. The SMILES string of the molecule is Cc1cc(N(C)CCC2CCN(C(=O)c3ccccc3)CC2)ncn1. The Bertz CT molecular complexity index is 696. The fourth-order valence-corrected chi connectivity index (χ4v) is 3.33. The Morgan fingerprint density at radius 3 is 2.60 bits per heavy atom. The second-order valence-electron chi connectivity index (χ2n) is 6.83. The fraction of sp³-hybridized carbons (Fsp3) is 0.450. The molecule has 25 heavy (non-hydrogen) atoms. The van der Waals surface area contributed by atoms with Crippen molar-refractivity contribution in [3.05, 3.63) is 54.0 Å². The van der Waals surface area contributed by atoms with Gasteiger partial charge in [-0.2, -0.15) is 0 Å². The molecule has 1 aliphatic rings. The van der Waals surface area contributed by atoms with Gasteiger partial charge in [0.2, 0.25) is 0 Å². The Hall–Kier alpha value is -2.43. The van der Waals surface area contributed by atoms with E-state index in [4.69, 9.17) is 0 Å². The highest BCUT2D eigenvalue weighted by Gasteiger charge is 2.23. The molecule has 1 saturated heterocycles. The van der Waals surface area contributed by atoms with Crippen molar-refractivity contribution in [3.63, 3.8) is 0 Å². The number of amides is 1. The number of likely N-dealkylation sites (tertiary alicyclic amines) is 1. The number of carbonyl (C=O) groups is 1. The number of carbonyl (C=O) groups excluding carboxylic acids is 1. The van der Waals surface area contributed by atoms with E-state index in [1.54, 1.807) is 6.33 Å². The summed E-state index contributed by atoms with van der Waals surface area (Å²) in [5, 5.41) is 0.